The Balaban J connectivity index is 1.49. The van der Waals surface area contributed by atoms with Crippen LogP contribution >= 0.6 is 0 Å². The molecular formula is C22H23N3O3. The number of rotatable bonds is 5. The molecule has 1 atom stereocenters. The predicted molar refractivity (Wildman–Crippen MR) is 108 cm³/mol. The summed E-state index contributed by atoms with van der Waals surface area (Å²) in [7, 11) is 0. The Morgan fingerprint density at radius 1 is 1.11 bits per heavy atom. The number of nitrogens with one attached hydrogen (secondary N) is 2. The molecule has 0 spiro atoms. The summed E-state index contributed by atoms with van der Waals surface area (Å²) in [5.41, 5.74) is 1.16. The maximum atomic E-state index is 12.4. The van der Waals surface area contributed by atoms with Gasteiger partial charge in [-0.1, -0.05) is 6.42 Å². The number of hydrogen-bond donors (Lipinski definition) is 2. The standard InChI is InChI=1S/C22H23N3O3/c26-20-5-4-15(25-20)7-9-28-22-16-11-17-18(10-14(16)6-8-23-22)21(27)24-12-19(17)13-2-1-3-13/h6,8,10-13,15H,1-5,7,9H2,(H,24,27)(H,25,26)/t15-/m0/s1. The third-order valence-corrected chi connectivity index (χ3v) is 6.12. The van der Waals surface area contributed by atoms with E-state index in [-0.39, 0.29) is 17.5 Å². The van der Waals surface area contributed by atoms with E-state index >= 15 is 0 Å². The molecule has 2 N–H and O–H groups in total. The lowest BCUT2D eigenvalue weighted by Crippen LogP contribution is -2.26. The molecule has 6 heteroatoms. The molecule has 6 nitrogen and oxygen atoms in total. The van der Waals surface area contributed by atoms with E-state index in [1.165, 1.54) is 24.8 Å². The highest BCUT2D eigenvalue weighted by molar-refractivity contribution is 6.01. The van der Waals surface area contributed by atoms with E-state index in [0.717, 1.165) is 34.4 Å². The summed E-state index contributed by atoms with van der Waals surface area (Å²) in [6.07, 6.45) is 9.40. The molecule has 1 amide bonds. The molecule has 5 rings (SSSR count). The van der Waals surface area contributed by atoms with Gasteiger partial charge in [0.05, 0.1) is 6.61 Å². The molecule has 28 heavy (non-hydrogen) atoms. The number of nitrogens with zero attached hydrogens (tertiary/aromatic N) is 1. The minimum absolute atomic E-state index is 0.0590. The molecule has 144 valence electrons. The normalized spacial score (nSPS) is 19.7. The van der Waals surface area contributed by atoms with E-state index in [0.29, 0.717) is 24.8 Å². The maximum absolute atomic E-state index is 12.4. The van der Waals surface area contributed by atoms with Crippen molar-refractivity contribution in [3.63, 3.8) is 0 Å². The van der Waals surface area contributed by atoms with Crippen LogP contribution in [-0.4, -0.2) is 28.5 Å². The first-order valence-corrected chi connectivity index (χ1v) is 10.1. The zero-order valence-electron chi connectivity index (χ0n) is 15.7. The smallest absolute Gasteiger partial charge is 0.255 e. The fourth-order valence-electron chi connectivity index (χ4n) is 4.28. The Kier molecular flexibility index (Phi) is 4.26. The number of benzene rings is 1. The van der Waals surface area contributed by atoms with E-state index in [9.17, 15) is 9.59 Å². The Hall–Kier alpha value is -2.89. The minimum Gasteiger partial charge on any atom is -0.477 e. The molecule has 2 aliphatic rings. The molecule has 1 saturated carbocycles. The second-order valence-electron chi connectivity index (χ2n) is 7.88. The third kappa shape index (κ3) is 3.03. The molecule has 2 aromatic heterocycles. The summed E-state index contributed by atoms with van der Waals surface area (Å²) in [5, 5.41) is 6.56. The van der Waals surface area contributed by atoms with Crippen molar-refractivity contribution in [2.75, 3.05) is 6.61 Å². The van der Waals surface area contributed by atoms with Crippen molar-refractivity contribution in [3.05, 3.63) is 46.5 Å². The molecule has 3 aromatic rings. The number of carbonyl (C=O) groups is 1. The molecule has 1 aromatic carbocycles. The SMILES string of the molecule is O=C1CC[C@@H](CCOc2nccc3cc4c(=O)[nH]cc(C5CCC5)c4cc23)N1. The molecule has 1 aliphatic heterocycles. The molecule has 1 aliphatic carbocycles. The lowest BCUT2D eigenvalue weighted by atomic mass is 9.79. The van der Waals surface area contributed by atoms with Gasteiger partial charge in [0.25, 0.3) is 5.56 Å². The van der Waals surface area contributed by atoms with Crippen molar-refractivity contribution in [1.29, 1.82) is 0 Å². The first kappa shape index (κ1) is 17.2. The minimum atomic E-state index is -0.0590. The Bertz CT molecular complexity index is 1120. The highest BCUT2D eigenvalue weighted by Gasteiger charge is 2.23. The summed E-state index contributed by atoms with van der Waals surface area (Å²) >= 11 is 0. The van der Waals surface area contributed by atoms with E-state index in [1.807, 2.05) is 18.3 Å². The quantitative estimate of drug-likeness (QED) is 0.668. The summed E-state index contributed by atoms with van der Waals surface area (Å²) in [5.74, 6) is 1.22. The first-order valence-electron chi connectivity index (χ1n) is 10.1. The lowest BCUT2D eigenvalue weighted by molar-refractivity contribution is -0.119. The topological polar surface area (TPSA) is 84.1 Å². The second-order valence-corrected chi connectivity index (χ2v) is 7.88. The Morgan fingerprint density at radius 3 is 2.75 bits per heavy atom. The van der Waals surface area contributed by atoms with Crippen LogP contribution in [0.3, 0.4) is 0 Å². The van der Waals surface area contributed by atoms with E-state index in [2.05, 4.69) is 21.4 Å². The fourth-order valence-corrected chi connectivity index (χ4v) is 4.28. The van der Waals surface area contributed by atoms with Crippen LogP contribution in [0.2, 0.25) is 0 Å². The van der Waals surface area contributed by atoms with E-state index in [4.69, 9.17) is 4.74 Å². The van der Waals surface area contributed by atoms with E-state index in [1.54, 1.807) is 6.20 Å². The van der Waals surface area contributed by atoms with Gasteiger partial charge in [-0.25, -0.2) is 4.98 Å². The zero-order chi connectivity index (χ0) is 19.1. The number of ether oxygens (including phenoxy) is 1. The number of aromatic nitrogens is 2. The van der Waals surface area contributed by atoms with Crippen LogP contribution in [0, 0.1) is 0 Å². The molecular weight excluding hydrogens is 354 g/mol. The van der Waals surface area contributed by atoms with Gasteiger partial charge in [-0.3, -0.25) is 9.59 Å². The number of pyridine rings is 2. The summed E-state index contributed by atoms with van der Waals surface area (Å²) in [6, 6.07) is 6.10. The van der Waals surface area contributed by atoms with Gasteiger partial charge in [0.2, 0.25) is 11.8 Å². The fraction of sp³-hybridized carbons (Fsp3) is 0.409. The largest absolute Gasteiger partial charge is 0.477 e. The van der Waals surface area contributed by atoms with Gasteiger partial charge in [-0.15, -0.1) is 0 Å². The van der Waals surface area contributed by atoms with Gasteiger partial charge in [0, 0.05) is 42.0 Å². The molecule has 0 unspecified atom stereocenters. The van der Waals surface area contributed by atoms with Crippen LogP contribution in [0.25, 0.3) is 21.5 Å². The monoisotopic (exact) mass is 377 g/mol. The number of aromatic amines is 1. The van der Waals surface area contributed by atoms with Gasteiger partial charge < -0.3 is 15.0 Å². The first-order chi connectivity index (χ1) is 13.7. The highest BCUT2D eigenvalue weighted by Crippen LogP contribution is 2.40. The lowest BCUT2D eigenvalue weighted by Gasteiger charge is -2.26. The molecule has 2 fully saturated rings. The Morgan fingerprint density at radius 2 is 2.00 bits per heavy atom. The van der Waals surface area contributed by atoms with Crippen LogP contribution in [0.15, 0.2) is 35.4 Å². The number of carbonyl (C=O) groups excluding carboxylic acids is 1. The number of amides is 1. The van der Waals surface area contributed by atoms with E-state index < -0.39 is 0 Å². The second kappa shape index (κ2) is 6.93. The molecule has 3 heterocycles. The van der Waals surface area contributed by atoms with Gasteiger partial charge in [-0.2, -0.15) is 0 Å². The number of hydrogen-bond acceptors (Lipinski definition) is 4. The average molecular weight is 377 g/mol. The van der Waals surface area contributed by atoms with Crippen LogP contribution in [0.5, 0.6) is 5.88 Å². The van der Waals surface area contributed by atoms with Gasteiger partial charge in [0.15, 0.2) is 0 Å². The third-order valence-electron chi connectivity index (χ3n) is 6.12. The number of H-pyrrole nitrogens is 1. The summed E-state index contributed by atoms with van der Waals surface area (Å²) in [6.45, 7) is 0.500. The van der Waals surface area contributed by atoms with Crippen molar-refractivity contribution in [3.8, 4) is 5.88 Å². The molecule has 1 saturated heterocycles. The maximum Gasteiger partial charge on any atom is 0.255 e. The predicted octanol–water partition coefficient (Wildman–Crippen LogP) is 3.39. The molecule has 0 radical (unpaired) electrons. The zero-order valence-corrected chi connectivity index (χ0v) is 15.7. The van der Waals surface area contributed by atoms with Crippen LogP contribution in [-0.2, 0) is 4.79 Å². The van der Waals surface area contributed by atoms with Crippen molar-refractivity contribution in [1.82, 2.24) is 15.3 Å². The summed E-state index contributed by atoms with van der Waals surface area (Å²) in [4.78, 5) is 31.1. The van der Waals surface area contributed by atoms with Gasteiger partial charge >= 0.3 is 0 Å². The van der Waals surface area contributed by atoms with Crippen molar-refractivity contribution in [2.45, 2.75) is 50.5 Å². The number of fused-ring (bicyclic) bond motifs is 2. The van der Waals surface area contributed by atoms with Crippen LogP contribution < -0.4 is 15.6 Å². The Labute approximate surface area is 162 Å². The highest BCUT2D eigenvalue weighted by atomic mass is 16.5. The summed E-state index contributed by atoms with van der Waals surface area (Å²) < 4.78 is 5.99. The van der Waals surface area contributed by atoms with Crippen LogP contribution in [0.4, 0.5) is 0 Å². The van der Waals surface area contributed by atoms with Gasteiger partial charge in [0.1, 0.15) is 0 Å². The molecule has 0 bridgehead atoms. The van der Waals surface area contributed by atoms with Gasteiger partial charge in [-0.05, 0) is 59.7 Å². The van der Waals surface area contributed by atoms with Crippen molar-refractivity contribution >= 4 is 27.5 Å². The van der Waals surface area contributed by atoms with Crippen molar-refractivity contribution < 1.29 is 9.53 Å². The van der Waals surface area contributed by atoms with Crippen molar-refractivity contribution in [2.24, 2.45) is 0 Å². The van der Waals surface area contributed by atoms with Crippen LogP contribution in [0.1, 0.15) is 50.0 Å². The average Bonchev–Trinajstić information content (AvgIpc) is 3.07.